The lowest BCUT2D eigenvalue weighted by molar-refractivity contribution is -0.0493. The van der Waals surface area contributed by atoms with Gasteiger partial charge in [-0.2, -0.15) is 0 Å². The van der Waals surface area contributed by atoms with Crippen LogP contribution in [-0.2, 0) is 6.42 Å². The van der Waals surface area contributed by atoms with Crippen molar-refractivity contribution in [1.82, 2.24) is 5.32 Å². The summed E-state index contributed by atoms with van der Waals surface area (Å²) >= 11 is 11.2. The number of benzene rings is 2. The number of aliphatic hydroxyl groups is 1. The average molecular weight is 478 g/mol. The zero-order valence-corrected chi connectivity index (χ0v) is 18.0. The quantitative estimate of drug-likeness (QED) is 0.389. The van der Waals surface area contributed by atoms with Crippen LogP contribution in [0.4, 0.5) is 19.3 Å². The molecule has 0 aliphatic heterocycles. The zero-order valence-electron chi connectivity index (χ0n) is 16.4. The number of carbonyl (C=O) groups is 2. The fourth-order valence-electron chi connectivity index (χ4n) is 3.13. The molecule has 3 rings (SSSR count). The Morgan fingerprint density at radius 1 is 1.16 bits per heavy atom. The molecule has 0 heterocycles. The van der Waals surface area contributed by atoms with E-state index < -0.39 is 33.5 Å². The van der Waals surface area contributed by atoms with Crippen molar-refractivity contribution in [2.24, 2.45) is 5.73 Å². The van der Waals surface area contributed by atoms with Crippen LogP contribution >= 0.6 is 23.8 Å². The van der Waals surface area contributed by atoms with Crippen LogP contribution in [-0.4, -0.2) is 32.8 Å². The second-order valence-corrected chi connectivity index (χ2v) is 8.03. The molecular formula is C22H18ClF2N3O3S. The van der Waals surface area contributed by atoms with Crippen LogP contribution in [0.25, 0.3) is 0 Å². The van der Waals surface area contributed by atoms with Crippen molar-refractivity contribution in [3.05, 3.63) is 89.3 Å². The molecule has 0 aromatic heterocycles. The highest BCUT2D eigenvalue weighted by Crippen LogP contribution is 2.40. The number of hydrogen-bond donors (Lipinski definition) is 4. The van der Waals surface area contributed by atoms with Crippen LogP contribution in [0.5, 0.6) is 0 Å². The Bertz CT molecular complexity index is 1150. The number of primary amides is 1. The second kappa shape index (κ2) is 9.15. The van der Waals surface area contributed by atoms with Crippen LogP contribution in [0.1, 0.15) is 15.9 Å². The number of alkyl halides is 2. The zero-order chi connectivity index (χ0) is 23.5. The molecule has 10 heteroatoms. The first-order valence-corrected chi connectivity index (χ1v) is 10.1. The summed E-state index contributed by atoms with van der Waals surface area (Å²) in [6.45, 7) is 0. The average Bonchev–Trinajstić information content (AvgIpc) is 2.72. The molecule has 0 saturated heterocycles. The minimum absolute atomic E-state index is 0.121. The van der Waals surface area contributed by atoms with Crippen molar-refractivity contribution in [2.45, 2.75) is 17.1 Å². The van der Waals surface area contributed by atoms with E-state index in [1.807, 2.05) is 5.32 Å². The molecule has 3 amide bonds. The molecule has 2 atom stereocenters. The summed E-state index contributed by atoms with van der Waals surface area (Å²) in [4.78, 5) is 20.8. The molecular weight excluding hydrogens is 460 g/mol. The largest absolute Gasteiger partial charge is 0.357 e. The summed E-state index contributed by atoms with van der Waals surface area (Å²) in [6.07, 6.45) is 3.43. The lowest BCUT2D eigenvalue weighted by Crippen LogP contribution is -2.57. The number of rotatable bonds is 5. The van der Waals surface area contributed by atoms with E-state index in [1.54, 1.807) is 30.3 Å². The molecule has 32 heavy (non-hydrogen) atoms. The normalized spacial score (nSPS) is 22.1. The smallest absolute Gasteiger partial charge is 0.317 e. The van der Waals surface area contributed by atoms with E-state index in [0.717, 1.165) is 6.08 Å². The van der Waals surface area contributed by atoms with Crippen molar-refractivity contribution in [3.63, 3.8) is 0 Å². The van der Waals surface area contributed by atoms with Gasteiger partial charge in [0.1, 0.15) is 10.8 Å². The number of allylic oxidation sites excluding steroid dienone is 2. The number of thiocarbonyl (C=S) groups is 1. The molecule has 5 N–H and O–H groups in total. The Kier molecular flexibility index (Phi) is 6.73. The number of para-hydroxylation sites is 1. The van der Waals surface area contributed by atoms with Gasteiger partial charge < -0.3 is 21.5 Å². The highest BCUT2D eigenvalue weighted by atomic mass is 35.5. The van der Waals surface area contributed by atoms with Crippen molar-refractivity contribution < 1.29 is 23.5 Å². The summed E-state index contributed by atoms with van der Waals surface area (Å²) in [6, 6.07) is 11.2. The Morgan fingerprint density at radius 2 is 1.81 bits per heavy atom. The molecule has 166 valence electrons. The summed E-state index contributed by atoms with van der Waals surface area (Å²) in [5.74, 6) is -4.39. The third kappa shape index (κ3) is 4.85. The molecule has 6 nitrogen and oxygen atoms in total. The topological polar surface area (TPSA) is 104 Å². The van der Waals surface area contributed by atoms with Gasteiger partial charge in [0.2, 0.25) is 0 Å². The Labute approximate surface area is 192 Å². The highest BCUT2D eigenvalue weighted by Gasteiger charge is 2.52. The van der Waals surface area contributed by atoms with Crippen LogP contribution < -0.4 is 16.4 Å². The standard InChI is InChI=1S/C22H18ClF2N3O3S/c23-21(19(32)28-20(26)30)12-13(9-10-22(21,25)31)11-14-5-1-4-8-17(14)27-18(29)15-6-2-3-7-16(15)24/h1-10,12,31H,11H2,(H,27,29)(H3,26,28,30,32). The van der Waals surface area contributed by atoms with E-state index >= 15 is 0 Å². The van der Waals surface area contributed by atoms with Gasteiger partial charge in [0.05, 0.1) is 5.56 Å². The van der Waals surface area contributed by atoms with Crippen LogP contribution in [0.15, 0.2) is 72.3 Å². The van der Waals surface area contributed by atoms with E-state index in [-0.39, 0.29) is 12.0 Å². The molecule has 0 fully saturated rings. The van der Waals surface area contributed by atoms with E-state index in [0.29, 0.717) is 16.8 Å². The van der Waals surface area contributed by atoms with Gasteiger partial charge in [-0.15, -0.1) is 11.6 Å². The predicted molar refractivity (Wildman–Crippen MR) is 122 cm³/mol. The molecule has 0 spiro atoms. The van der Waals surface area contributed by atoms with Crippen LogP contribution in [0, 0.1) is 5.82 Å². The number of nitrogens with two attached hydrogens (primary N) is 1. The molecule has 0 radical (unpaired) electrons. The van der Waals surface area contributed by atoms with Gasteiger partial charge in [0, 0.05) is 5.69 Å². The number of halogens is 3. The monoisotopic (exact) mass is 477 g/mol. The van der Waals surface area contributed by atoms with Gasteiger partial charge in [0.15, 0.2) is 4.87 Å². The second-order valence-electron chi connectivity index (χ2n) is 7.02. The minimum atomic E-state index is -3.09. The number of nitrogens with one attached hydrogen (secondary N) is 2. The maximum absolute atomic E-state index is 14.7. The molecule has 1 aliphatic rings. The molecule has 1 aliphatic carbocycles. The van der Waals surface area contributed by atoms with Crippen molar-refractivity contribution in [2.75, 3.05) is 5.32 Å². The predicted octanol–water partition coefficient (Wildman–Crippen LogP) is 3.75. The summed E-state index contributed by atoms with van der Waals surface area (Å²) in [5.41, 5.74) is 6.34. The lowest BCUT2D eigenvalue weighted by atomic mass is 9.87. The SMILES string of the molecule is NC(=O)NC(=S)C1(Cl)C=C(Cc2ccccc2NC(=O)c2ccccc2F)C=CC1(O)F. The van der Waals surface area contributed by atoms with Gasteiger partial charge in [0.25, 0.3) is 11.8 Å². The third-order valence-electron chi connectivity index (χ3n) is 4.76. The number of carbonyl (C=O) groups excluding carboxylic acids is 2. The number of anilines is 1. The fourth-order valence-corrected chi connectivity index (χ4v) is 3.69. The molecule has 0 saturated carbocycles. The molecule has 2 unspecified atom stereocenters. The lowest BCUT2D eigenvalue weighted by Gasteiger charge is -2.36. The molecule has 2 aromatic rings. The van der Waals surface area contributed by atoms with Gasteiger partial charge in [-0.05, 0) is 47.9 Å². The molecule has 0 bridgehead atoms. The first-order valence-electron chi connectivity index (χ1n) is 9.29. The van der Waals surface area contributed by atoms with Crippen molar-refractivity contribution in [3.8, 4) is 0 Å². The minimum Gasteiger partial charge on any atom is -0.357 e. The summed E-state index contributed by atoms with van der Waals surface area (Å²) < 4.78 is 28.7. The highest BCUT2D eigenvalue weighted by molar-refractivity contribution is 7.80. The maximum Gasteiger partial charge on any atom is 0.317 e. The molecule has 2 aromatic carbocycles. The van der Waals surface area contributed by atoms with Gasteiger partial charge in [-0.3, -0.25) is 4.79 Å². The Morgan fingerprint density at radius 3 is 2.50 bits per heavy atom. The number of urea groups is 1. The Hall–Kier alpha value is -3.14. The third-order valence-corrected chi connectivity index (χ3v) is 5.86. The van der Waals surface area contributed by atoms with E-state index in [4.69, 9.17) is 29.6 Å². The maximum atomic E-state index is 14.7. The van der Waals surface area contributed by atoms with Crippen LogP contribution in [0.3, 0.4) is 0 Å². The van der Waals surface area contributed by atoms with Crippen molar-refractivity contribution in [1.29, 1.82) is 0 Å². The van der Waals surface area contributed by atoms with E-state index in [1.165, 1.54) is 30.4 Å². The van der Waals surface area contributed by atoms with E-state index in [2.05, 4.69) is 5.32 Å². The summed E-state index contributed by atoms with van der Waals surface area (Å²) in [5, 5.41) is 14.8. The van der Waals surface area contributed by atoms with Gasteiger partial charge in [-0.1, -0.05) is 48.6 Å². The van der Waals surface area contributed by atoms with Gasteiger partial charge in [-0.25, -0.2) is 13.6 Å². The first kappa shape index (κ1) is 23.5. The fraction of sp³-hybridized carbons (Fsp3) is 0.136. The first-order chi connectivity index (χ1) is 15.0. The number of amides is 3. The van der Waals surface area contributed by atoms with E-state index in [9.17, 15) is 23.5 Å². The van der Waals surface area contributed by atoms with Crippen molar-refractivity contribution >= 4 is 46.4 Å². The van der Waals surface area contributed by atoms with Crippen LogP contribution in [0.2, 0.25) is 0 Å². The summed E-state index contributed by atoms with van der Waals surface area (Å²) in [7, 11) is 0. The number of hydrogen-bond acceptors (Lipinski definition) is 4. The Balaban J connectivity index is 1.88. The van der Waals surface area contributed by atoms with Gasteiger partial charge >= 0.3 is 6.03 Å².